The highest BCUT2D eigenvalue weighted by molar-refractivity contribution is 6.01. The van der Waals surface area contributed by atoms with Gasteiger partial charge in [0.15, 0.2) is 5.82 Å². The molecule has 178 valence electrons. The van der Waals surface area contributed by atoms with Gasteiger partial charge >= 0.3 is 18.4 Å². The van der Waals surface area contributed by atoms with Crippen molar-refractivity contribution in [2.24, 2.45) is 0 Å². The van der Waals surface area contributed by atoms with Gasteiger partial charge in [0.05, 0.1) is 23.0 Å². The number of aryl methyl sites for hydroxylation is 1. The summed E-state index contributed by atoms with van der Waals surface area (Å²) in [5.74, 6) is 0.351. The number of pyridine rings is 1. The summed E-state index contributed by atoms with van der Waals surface area (Å²) in [6, 6.07) is 3.63. The van der Waals surface area contributed by atoms with Gasteiger partial charge in [-0.3, -0.25) is 15.2 Å². The predicted octanol–water partition coefficient (Wildman–Crippen LogP) is 5.95. The number of fused-ring (bicyclic) bond motifs is 1. The van der Waals surface area contributed by atoms with Gasteiger partial charge in [-0.2, -0.15) is 26.3 Å². The number of nitrogens with zero attached hydrogens (tertiary/aromatic N) is 4. The van der Waals surface area contributed by atoms with Crippen LogP contribution in [0.2, 0.25) is 0 Å². The molecule has 0 unspecified atom stereocenters. The predicted molar refractivity (Wildman–Crippen MR) is 111 cm³/mol. The van der Waals surface area contributed by atoms with E-state index in [0.29, 0.717) is 30.5 Å². The fourth-order valence-electron chi connectivity index (χ4n) is 3.60. The Labute approximate surface area is 189 Å². The normalized spacial score (nSPS) is 14.4. The molecule has 4 rings (SSSR count). The second-order valence-corrected chi connectivity index (χ2v) is 7.60. The number of carbonyl (C=O) groups excluding carboxylic acids is 1. The fraction of sp³-hybridized carbons (Fsp3) is 0.273. The second kappa shape index (κ2) is 8.92. The van der Waals surface area contributed by atoms with E-state index in [1.165, 1.54) is 29.6 Å². The lowest BCUT2D eigenvalue weighted by molar-refractivity contribution is -0.143. The molecule has 0 saturated heterocycles. The molecule has 34 heavy (non-hydrogen) atoms. The van der Waals surface area contributed by atoms with Crippen LogP contribution in [0, 0.1) is 0 Å². The van der Waals surface area contributed by atoms with Gasteiger partial charge in [0, 0.05) is 24.5 Å². The monoisotopic (exact) mass is 481 g/mol. The molecule has 1 aliphatic heterocycles. The Hall–Kier alpha value is -3.70. The lowest BCUT2D eigenvalue weighted by Crippen LogP contribution is -2.36. The van der Waals surface area contributed by atoms with Crippen LogP contribution in [0.4, 0.5) is 42.8 Å². The van der Waals surface area contributed by atoms with E-state index in [1.54, 1.807) is 6.07 Å². The van der Waals surface area contributed by atoms with Gasteiger partial charge in [-0.1, -0.05) is 6.07 Å². The molecule has 2 aromatic heterocycles. The standard InChI is InChI=1S/C22H17F6N5O/c23-21(24,25)15-9-14(10-16(11-15)22(26,27)28)17-5-4-13-3-1-2-8-33(19(13)31-17)20(34)32-18-12-29-6-7-30-18/h4-7,9-12H,1-3,8H2,(H,30,32,34). The van der Waals surface area contributed by atoms with E-state index in [0.717, 1.165) is 6.42 Å². The second-order valence-electron chi connectivity index (χ2n) is 7.60. The van der Waals surface area contributed by atoms with Gasteiger partial charge in [0.1, 0.15) is 5.82 Å². The average Bonchev–Trinajstić information content (AvgIpc) is 3.00. The molecule has 6 nitrogen and oxygen atoms in total. The number of hydrogen-bond donors (Lipinski definition) is 1. The van der Waals surface area contributed by atoms with Crippen molar-refractivity contribution in [1.29, 1.82) is 0 Å². The Morgan fingerprint density at radius 3 is 2.26 bits per heavy atom. The number of nitrogens with one attached hydrogen (secondary N) is 1. The van der Waals surface area contributed by atoms with Crippen molar-refractivity contribution in [2.75, 3.05) is 16.8 Å². The van der Waals surface area contributed by atoms with E-state index in [9.17, 15) is 31.1 Å². The number of anilines is 2. The first-order valence-corrected chi connectivity index (χ1v) is 10.2. The molecule has 0 aliphatic carbocycles. The van der Waals surface area contributed by atoms with Crippen molar-refractivity contribution in [2.45, 2.75) is 31.6 Å². The topological polar surface area (TPSA) is 71.0 Å². The highest BCUT2D eigenvalue weighted by Gasteiger charge is 2.37. The molecular formula is C22H17F6N5O. The minimum absolute atomic E-state index is 0.0631. The van der Waals surface area contributed by atoms with Gasteiger partial charge in [-0.15, -0.1) is 0 Å². The largest absolute Gasteiger partial charge is 0.416 e. The number of rotatable bonds is 2. The summed E-state index contributed by atoms with van der Waals surface area (Å²) < 4.78 is 79.8. The van der Waals surface area contributed by atoms with Crippen LogP contribution in [0.3, 0.4) is 0 Å². The quantitative estimate of drug-likeness (QED) is 0.459. The smallest absolute Gasteiger partial charge is 0.291 e. The molecular weight excluding hydrogens is 464 g/mol. The van der Waals surface area contributed by atoms with Crippen molar-refractivity contribution >= 4 is 17.7 Å². The fourth-order valence-corrected chi connectivity index (χ4v) is 3.60. The summed E-state index contributed by atoms with van der Waals surface area (Å²) >= 11 is 0. The lowest BCUT2D eigenvalue weighted by atomic mass is 10.0. The molecule has 12 heteroatoms. The molecule has 0 saturated carbocycles. The third-order valence-corrected chi connectivity index (χ3v) is 5.22. The summed E-state index contributed by atoms with van der Waals surface area (Å²) in [6.45, 7) is 0.256. The minimum Gasteiger partial charge on any atom is -0.291 e. The molecule has 0 bridgehead atoms. The zero-order valence-electron chi connectivity index (χ0n) is 17.4. The Kier molecular flexibility index (Phi) is 6.15. The van der Waals surface area contributed by atoms with Crippen LogP contribution in [0.5, 0.6) is 0 Å². The Morgan fingerprint density at radius 1 is 0.941 bits per heavy atom. The summed E-state index contributed by atoms with van der Waals surface area (Å²) in [5, 5.41) is 2.57. The summed E-state index contributed by atoms with van der Waals surface area (Å²) in [5.41, 5.74) is -2.70. The zero-order chi connectivity index (χ0) is 24.5. The van der Waals surface area contributed by atoms with Crippen molar-refractivity contribution in [3.63, 3.8) is 0 Å². The molecule has 0 spiro atoms. The van der Waals surface area contributed by atoms with Crippen molar-refractivity contribution in [3.05, 3.63) is 65.6 Å². The molecule has 1 aliphatic rings. The summed E-state index contributed by atoms with van der Waals surface area (Å²) in [7, 11) is 0. The van der Waals surface area contributed by atoms with Crippen molar-refractivity contribution in [1.82, 2.24) is 15.0 Å². The molecule has 2 amide bonds. The molecule has 0 radical (unpaired) electrons. The number of amides is 2. The average molecular weight is 481 g/mol. The van der Waals surface area contributed by atoms with Crippen LogP contribution in [-0.4, -0.2) is 27.5 Å². The number of halogens is 6. The SMILES string of the molecule is O=C(Nc1cnccn1)N1CCCCc2ccc(-c3cc(C(F)(F)F)cc(C(F)(F)F)c3)nc21. The van der Waals surface area contributed by atoms with Gasteiger partial charge in [0.2, 0.25) is 0 Å². The van der Waals surface area contributed by atoms with Crippen LogP contribution >= 0.6 is 0 Å². The van der Waals surface area contributed by atoms with Crippen molar-refractivity contribution < 1.29 is 31.1 Å². The van der Waals surface area contributed by atoms with E-state index < -0.39 is 29.5 Å². The number of benzene rings is 1. The van der Waals surface area contributed by atoms with Gasteiger partial charge < -0.3 is 0 Å². The van der Waals surface area contributed by atoms with Crippen LogP contribution in [0.15, 0.2) is 48.9 Å². The Balaban J connectivity index is 1.77. The van der Waals surface area contributed by atoms with Crippen LogP contribution in [0.25, 0.3) is 11.3 Å². The number of aromatic nitrogens is 3. The number of hydrogen-bond acceptors (Lipinski definition) is 4. The molecule has 1 N–H and O–H groups in total. The zero-order valence-corrected chi connectivity index (χ0v) is 17.4. The number of urea groups is 1. The Bertz CT molecular complexity index is 1160. The van der Waals surface area contributed by atoms with Crippen molar-refractivity contribution in [3.8, 4) is 11.3 Å². The highest BCUT2D eigenvalue weighted by Crippen LogP contribution is 2.39. The molecule has 0 fully saturated rings. The third-order valence-electron chi connectivity index (χ3n) is 5.22. The van der Waals surface area contributed by atoms with Crippen LogP contribution < -0.4 is 10.2 Å². The lowest BCUT2D eigenvalue weighted by Gasteiger charge is -2.22. The molecule has 0 atom stereocenters. The maximum Gasteiger partial charge on any atom is 0.416 e. The van der Waals surface area contributed by atoms with Crippen LogP contribution in [-0.2, 0) is 18.8 Å². The maximum atomic E-state index is 13.3. The molecule has 3 aromatic rings. The molecule has 1 aromatic carbocycles. The summed E-state index contributed by atoms with van der Waals surface area (Å²) in [6.07, 6.45) is -3.92. The number of alkyl halides is 6. The molecule has 3 heterocycles. The van der Waals surface area contributed by atoms with Crippen LogP contribution in [0.1, 0.15) is 29.5 Å². The van der Waals surface area contributed by atoms with E-state index in [-0.39, 0.29) is 35.5 Å². The van der Waals surface area contributed by atoms with E-state index >= 15 is 0 Å². The summed E-state index contributed by atoms with van der Waals surface area (Å²) in [4.78, 5) is 26.4. The Morgan fingerprint density at radius 2 is 1.65 bits per heavy atom. The number of carbonyl (C=O) groups is 1. The first kappa shape index (κ1) is 23.5. The van der Waals surface area contributed by atoms with E-state index in [1.807, 2.05) is 0 Å². The first-order valence-electron chi connectivity index (χ1n) is 10.2. The van der Waals surface area contributed by atoms with E-state index in [2.05, 4.69) is 20.3 Å². The highest BCUT2D eigenvalue weighted by atomic mass is 19.4. The minimum atomic E-state index is -4.98. The maximum absolute atomic E-state index is 13.3. The van der Waals surface area contributed by atoms with Gasteiger partial charge in [0.25, 0.3) is 0 Å². The van der Waals surface area contributed by atoms with E-state index in [4.69, 9.17) is 0 Å². The third kappa shape index (κ3) is 5.10. The van der Waals surface area contributed by atoms with Gasteiger partial charge in [-0.05, 0) is 49.1 Å². The van der Waals surface area contributed by atoms with Gasteiger partial charge in [-0.25, -0.2) is 14.8 Å². The first-order chi connectivity index (χ1) is 16.0.